The van der Waals surface area contributed by atoms with E-state index in [4.69, 9.17) is 0 Å². The summed E-state index contributed by atoms with van der Waals surface area (Å²) in [6, 6.07) is 8.57. The van der Waals surface area contributed by atoms with Gasteiger partial charge in [0.05, 0.1) is 23.0 Å². The van der Waals surface area contributed by atoms with E-state index in [2.05, 4.69) is 0 Å². The molecular formula is C13H17NO5S3. The first kappa shape index (κ1) is 17.3. The third-order valence-corrected chi connectivity index (χ3v) is 7.64. The largest absolute Gasteiger partial charge is 0.273 e. The molecule has 1 saturated heterocycles. The monoisotopic (exact) mass is 363 g/mol. The van der Waals surface area contributed by atoms with Crippen LogP contribution in [0.2, 0.25) is 0 Å². The molecule has 6 nitrogen and oxygen atoms in total. The number of thioether (sulfide) groups is 1. The molecule has 0 radical (unpaired) electrons. The van der Waals surface area contributed by atoms with Crippen molar-refractivity contribution >= 4 is 37.5 Å². The zero-order valence-electron chi connectivity index (χ0n) is 11.8. The zero-order chi connectivity index (χ0) is 16.2. The van der Waals surface area contributed by atoms with Crippen LogP contribution in [-0.4, -0.2) is 45.3 Å². The first-order valence-electron chi connectivity index (χ1n) is 6.65. The first-order valence-corrected chi connectivity index (χ1v) is 11.2. The zero-order valence-corrected chi connectivity index (χ0v) is 14.2. The van der Waals surface area contributed by atoms with Gasteiger partial charge in [-0.25, -0.2) is 16.8 Å². The van der Waals surface area contributed by atoms with Crippen molar-refractivity contribution in [2.45, 2.75) is 17.4 Å². The predicted octanol–water partition coefficient (Wildman–Crippen LogP) is 0.553. The van der Waals surface area contributed by atoms with Gasteiger partial charge in [0.1, 0.15) is 0 Å². The van der Waals surface area contributed by atoms with E-state index in [0.717, 1.165) is 0 Å². The van der Waals surface area contributed by atoms with E-state index in [1.807, 2.05) is 4.72 Å². The Balaban J connectivity index is 1.81. The van der Waals surface area contributed by atoms with Crippen molar-refractivity contribution in [2.75, 3.05) is 17.3 Å². The van der Waals surface area contributed by atoms with Crippen LogP contribution in [0.4, 0.5) is 0 Å². The van der Waals surface area contributed by atoms with Crippen molar-refractivity contribution in [2.24, 2.45) is 0 Å². The minimum Gasteiger partial charge on any atom is -0.273 e. The molecule has 0 unspecified atom stereocenters. The van der Waals surface area contributed by atoms with Gasteiger partial charge in [-0.15, -0.1) is 11.8 Å². The van der Waals surface area contributed by atoms with Crippen LogP contribution in [0.25, 0.3) is 0 Å². The summed E-state index contributed by atoms with van der Waals surface area (Å²) in [5.41, 5.74) is 0.595. The van der Waals surface area contributed by atoms with E-state index in [-0.39, 0.29) is 28.3 Å². The van der Waals surface area contributed by atoms with Crippen LogP contribution in [0.1, 0.15) is 12.0 Å². The lowest BCUT2D eigenvalue weighted by Crippen LogP contribution is -2.33. The molecule has 1 aliphatic rings. The van der Waals surface area contributed by atoms with Gasteiger partial charge in [-0.1, -0.05) is 30.3 Å². The second-order valence-corrected chi connectivity index (χ2v) is 10.3. The number of sulfonamides is 1. The third kappa shape index (κ3) is 5.62. The molecule has 1 amide bonds. The molecule has 0 bridgehead atoms. The van der Waals surface area contributed by atoms with Crippen molar-refractivity contribution in [3.63, 3.8) is 0 Å². The lowest BCUT2D eigenvalue weighted by Gasteiger charge is -2.09. The summed E-state index contributed by atoms with van der Waals surface area (Å²) in [5.74, 6) is -0.749. The lowest BCUT2D eigenvalue weighted by atomic mass is 10.2. The van der Waals surface area contributed by atoms with Crippen LogP contribution in [0.15, 0.2) is 30.3 Å². The minimum absolute atomic E-state index is 0.0573. The van der Waals surface area contributed by atoms with E-state index < -0.39 is 25.8 Å². The van der Waals surface area contributed by atoms with Crippen LogP contribution in [0, 0.1) is 0 Å². The summed E-state index contributed by atoms with van der Waals surface area (Å²) < 4.78 is 48.4. The second kappa shape index (κ2) is 7.01. The molecule has 0 aliphatic carbocycles. The van der Waals surface area contributed by atoms with Crippen molar-refractivity contribution in [3.8, 4) is 0 Å². The summed E-state index contributed by atoms with van der Waals surface area (Å²) in [6.45, 7) is 0. The van der Waals surface area contributed by atoms with E-state index in [1.54, 1.807) is 30.3 Å². The van der Waals surface area contributed by atoms with E-state index >= 15 is 0 Å². The molecule has 0 saturated carbocycles. The summed E-state index contributed by atoms with van der Waals surface area (Å²) in [6.07, 6.45) is 0.511. The molecule has 1 aromatic carbocycles. The number of carbonyl (C=O) groups is 1. The Labute approximate surface area is 134 Å². The predicted molar refractivity (Wildman–Crippen MR) is 86.7 cm³/mol. The quantitative estimate of drug-likeness (QED) is 0.793. The molecule has 0 aromatic heterocycles. The fourth-order valence-corrected chi connectivity index (χ4v) is 6.78. The summed E-state index contributed by atoms with van der Waals surface area (Å²) in [4.78, 5) is 11.7. The highest BCUT2D eigenvalue weighted by molar-refractivity contribution is 8.02. The number of amides is 1. The number of nitrogens with one attached hydrogen (secondary N) is 1. The molecule has 1 aliphatic heterocycles. The highest BCUT2D eigenvalue weighted by Gasteiger charge is 2.28. The van der Waals surface area contributed by atoms with Gasteiger partial charge in [0, 0.05) is 5.25 Å². The maximum atomic E-state index is 11.9. The average Bonchev–Trinajstić information content (AvgIpc) is 2.76. The Kier molecular flexibility index (Phi) is 5.51. The van der Waals surface area contributed by atoms with Crippen molar-refractivity contribution in [1.82, 2.24) is 4.72 Å². The summed E-state index contributed by atoms with van der Waals surface area (Å²) in [5, 5.41) is -0.132. The van der Waals surface area contributed by atoms with Crippen LogP contribution >= 0.6 is 11.8 Å². The minimum atomic E-state index is -3.73. The van der Waals surface area contributed by atoms with Gasteiger partial charge in [0.2, 0.25) is 15.9 Å². The number of rotatable bonds is 6. The van der Waals surface area contributed by atoms with Crippen LogP contribution in [0.3, 0.4) is 0 Å². The average molecular weight is 363 g/mol. The molecule has 0 spiro atoms. The van der Waals surface area contributed by atoms with E-state index in [1.165, 1.54) is 11.8 Å². The van der Waals surface area contributed by atoms with Gasteiger partial charge < -0.3 is 0 Å². The molecule has 2 rings (SSSR count). The van der Waals surface area contributed by atoms with Gasteiger partial charge in [-0.05, 0) is 12.0 Å². The summed E-state index contributed by atoms with van der Waals surface area (Å²) in [7, 11) is -6.72. The SMILES string of the molecule is O=C(CS[C@@H]1CCS(=O)(=O)C1)NS(=O)(=O)Cc1ccccc1. The van der Waals surface area contributed by atoms with E-state index in [9.17, 15) is 21.6 Å². The molecule has 1 fully saturated rings. The molecule has 9 heteroatoms. The Bertz CT molecular complexity index is 728. The summed E-state index contributed by atoms with van der Waals surface area (Å²) >= 11 is 1.19. The van der Waals surface area contributed by atoms with Crippen LogP contribution < -0.4 is 4.72 Å². The highest BCUT2D eigenvalue weighted by Crippen LogP contribution is 2.24. The Morgan fingerprint density at radius 2 is 1.95 bits per heavy atom. The molecule has 1 N–H and O–H groups in total. The lowest BCUT2D eigenvalue weighted by molar-refractivity contribution is -0.116. The topological polar surface area (TPSA) is 97.4 Å². The van der Waals surface area contributed by atoms with Gasteiger partial charge in [-0.3, -0.25) is 9.52 Å². The van der Waals surface area contributed by atoms with Crippen molar-refractivity contribution in [1.29, 1.82) is 0 Å². The van der Waals surface area contributed by atoms with Gasteiger partial charge in [-0.2, -0.15) is 0 Å². The Hall–Kier alpha value is -1.06. The van der Waals surface area contributed by atoms with Gasteiger partial charge in [0.15, 0.2) is 9.84 Å². The molecule has 1 heterocycles. The normalized spacial score (nSPS) is 20.6. The number of hydrogen-bond acceptors (Lipinski definition) is 6. The maximum absolute atomic E-state index is 11.9. The number of benzene rings is 1. The fourth-order valence-electron chi connectivity index (χ4n) is 2.12. The van der Waals surface area contributed by atoms with Gasteiger partial charge >= 0.3 is 0 Å². The van der Waals surface area contributed by atoms with Crippen LogP contribution in [-0.2, 0) is 30.4 Å². The van der Waals surface area contributed by atoms with Crippen molar-refractivity contribution in [3.05, 3.63) is 35.9 Å². The standard InChI is InChI=1S/C13H17NO5S3/c15-13(8-20-12-6-7-21(16,17)10-12)14-22(18,19)9-11-4-2-1-3-5-11/h1-5,12H,6-10H2,(H,14,15)/t12-/m1/s1. The third-order valence-electron chi connectivity index (χ3n) is 3.11. The Morgan fingerprint density at radius 3 is 2.55 bits per heavy atom. The maximum Gasteiger partial charge on any atom is 0.243 e. The number of hydrogen-bond donors (Lipinski definition) is 1. The Morgan fingerprint density at radius 1 is 1.27 bits per heavy atom. The molecule has 1 atom stereocenters. The fraction of sp³-hybridized carbons (Fsp3) is 0.462. The second-order valence-electron chi connectivity index (χ2n) is 5.11. The molecule has 1 aromatic rings. The highest BCUT2D eigenvalue weighted by atomic mass is 32.2. The molecule has 122 valence electrons. The van der Waals surface area contributed by atoms with Gasteiger partial charge in [0.25, 0.3) is 0 Å². The first-order chi connectivity index (χ1) is 10.3. The van der Waals surface area contributed by atoms with Crippen LogP contribution in [0.5, 0.6) is 0 Å². The number of sulfone groups is 1. The smallest absolute Gasteiger partial charge is 0.243 e. The number of carbonyl (C=O) groups excluding carboxylic acids is 1. The van der Waals surface area contributed by atoms with E-state index in [0.29, 0.717) is 12.0 Å². The van der Waals surface area contributed by atoms with Crippen molar-refractivity contribution < 1.29 is 21.6 Å². The molecule has 22 heavy (non-hydrogen) atoms. The molecular weight excluding hydrogens is 346 g/mol.